The molecule has 0 amide bonds. The first-order valence-corrected chi connectivity index (χ1v) is 14.5. The molecule has 0 atom stereocenters. The number of nitrogens with one attached hydrogen (secondary N) is 1. The third-order valence-corrected chi connectivity index (χ3v) is 7.96. The van der Waals surface area contributed by atoms with Crippen LogP contribution in [0, 0.1) is 5.41 Å². The predicted octanol–water partition coefficient (Wildman–Crippen LogP) is 9.57. The van der Waals surface area contributed by atoms with Gasteiger partial charge in [0.15, 0.2) is 11.7 Å². The van der Waals surface area contributed by atoms with E-state index in [-0.39, 0.29) is 5.84 Å². The molecular weight excluding hydrogens is 540 g/mol. The number of nitrogens with zero attached hydrogens (tertiary/aromatic N) is 3. The first-order chi connectivity index (χ1) is 21.7. The molecule has 0 aliphatic heterocycles. The fourth-order valence-corrected chi connectivity index (χ4v) is 5.91. The number of benzene rings is 6. The van der Waals surface area contributed by atoms with Gasteiger partial charge in [-0.15, -0.1) is 0 Å². The quantitative estimate of drug-likeness (QED) is 0.167. The number of furan rings is 1. The summed E-state index contributed by atoms with van der Waals surface area (Å²) in [6.07, 6.45) is 1.77. The zero-order valence-corrected chi connectivity index (χ0v) is 23.7. The van der Waals surface area contributed by atoms with Crippen molar-refractivity contribution < 1.29 is 4.42 Å². The molecule has 0 aliphatic rings. The number of rotatable bonds is 4. The minimum Gasteiger partial charge on any atom is -0.455 e. The van der Waals surface area contributed by atoms with Crippen molar-refractivity contribution >= 4 is 61.6 Å². The molecule has 6 aromatic carbocycles. The highest BCUT2D eigenvalue weighted by Gasteiger charge is 2.17. The second kappa shape index (κ2) is 10.6. The molecule has 5 nitrogen and oxygen atoms in total. The molecule has 0 saturated carbocycles. The Morgan fingerprint density at radius 3 is 1.98 bits per heavy atom. The summed E-state index contributed by atoms with van der Waals surface area (Å²) in [4.78, 5) is 9.41. The molecule has 44 heavy (non-hydrogen) atoms. The Hall–Kier alpha value is -6.07. The van der Waals surface area contributed by atoms with Crippen molar-refractivity contribution in [3.63, 3.8) is 0 Å². The maximum atomic E-state index is 9.06. The van der Waals surface area contributed by atoms with E-state index in [4.69, 9.17) is 19.8 Å². The molecule has 0 aliphatic carbocycles. The molecule has 5 heteroatoms. The fraction of sp³-hybridized carbons (Fsp3) is 0. The third kappa shape index (κ3) is 4.39. The lowest BCUT2D eigenvalue weighted by molar-refractivity contribution is 0.667. The van der Waals surface area contributed by atoms with E-state index in [1.54, 1.807) is 6.21 Å². The summed E-state index contributed by atoms with van der Waals surface area (Å²) in [7, 11) is 0. The Labute approximate surface area is 253 Å². The van der Waals surface area contributed by atoms with Crippen molar-refractivity contribution in [2.45, 2.75) is 0 Å². The standard InChI is InChI=1S/C39H26N4O/c40-38(42-39(27-14-5-2-6-15-27)41-25-26-12-3-1-4-13-26)33-19-11-18-32-31-23-22-28(24-36(31)44-37(32)33)43-34-20-9-7-16-29(34)30-17-8-10-21-35(30)43/h1-25,40H. The van der Waals surface area contributed by atoms with E-state index in [0.29, 0.717) is 17.0 Å². The second-order valence-electron chi connectivity index (χ2n) is 10.7. The van der Waals surface area contributed by atoms with Crippen molar-refractivity contribution in [2.24, 2.45) is 9.98 Å². The van der Waals surface area contributed by atoms with Crippen LogP contribution in [0.4, 0.5) is 0 Å². The normalized spacial score (nSPS) is 12.2. The van der Waals surface area contributed by atoms with E-state index in [1.807, 2.05) is 78.9 Å². The van der Waals surface area contributed by atoms with Crippen LogP contribution in [0.5, 0.6) is 0 Å². The molecule has 0 spiro atoms. The zero-order valence-electron chi connectivity index (χ0n) is 23.7. The molecule has 0 bridgehead atoms. The number of hydrogen-bond donors (Lipinski definition) is 1. The molecule has 208 valence electrons. The summed E-state index contributed by atoms with van der Waals surface area (Å²) in [5, 5.41) is 13.4. The zero-order chi connectivity index (χ0) is 29.5. The molecule has 0 fully saturated rings. The van der Waals surface area contributed by atoms with Crippen molar-refractivity contribution in [3.8, 4) is 5.69 Å². The summed E-state index contributed by atoms with van der Waals surface area (Å²) in [5.74, 6) is 0.544. The summed E-state index contributed by atoms with van der Waals surface area (Å²) in [5.41, 5.74) is 7.10. The number of amidine groups is 2. The van der Waals surface area contributed by atoms with Gasteiger partial charge in [-0.3, -0.25) is 5.41 Å². The Morgan fingerprint density at radius 2 is 1.25 bits per heavy atom. The van der Waals surface area contributed by atoms with E-state index in [0.717, 1.165) is 44.2 Å². The average Bonchev–Trinajstić information content (AvgIpc) is 3.63. The minimum atomic E-state index is 0.0846. The van der Waals surface area contributed by atoms with Gasteiger partial charge in [0.2, 0.25) is 0 Å². The lowest BCUT2D eigenvalue weighted by Gasteiger charge is -2.07. The highest BCUT2D eigenvalue weighted by molar-refractivity contribution is 6.19. The van der Waals surface area contributed by atoms with Crippen LogP contribution in [0.15, 0.2) is 160 Å². The van der Waals surface area contributed by atoms with Crippen LogP contribution in [-0.4, -0.2) is 22.5 Å². The van der Waals surface area contributed by atoms with Crippen LogP contribution in [-0.2, 0) is 0 Å². The Balaban J connectivity index is 1.24. The average molecular weight is 567 g/mol. The van der Waals surface area contributed by atoms with Crippen molar-refractivity contribution in [2.75, 3.05) is 0 Å². The van der Waals surface area contributed by atoms with Crippen LogP contribution in [0.25, 0.3) is 49.4 Å². The summed E-state index contributed by atoms with van der Waals surface area (Å²) in [6.45, 7) is 0. The Bertz CT molecular complexity index is 2340. The largest absolute Gasteiger partial charge is 0.455 e. The van der Waals surface area contributed by atoms with E-state index < -0.39 is 0 Å². The molecule has 2 aromatic heterocycles. The first-order valence-electron chi connectivity index (χ1n) is 14.5. The molecule has 8 rings (SSSR count). The minimum absolute atomic E-state index is 0.0846. The Kier molecular flexibility index (Phi) is 6.20. The maximum Gasteiger partial charge on any atom is 0.161 e. The van der Waals surface area contributed by atoms with Gasteiger partial charge in [-0.25, -0.2) is 9.98 Å². The highest BCUT2D eigenvalue weighted by atomic mass is 16.3. The molecule has 1 N–H and O–H groups in total. The van der Waals surface area contributed by atoms with Crippen LogP contribution in [0.2, 0.25) is 0 Å². The number of para-hydroxylation sites is 3. The number of fused-ring (bicyclic) bond motifs is 6. The highest BCUT2D eigenvalue weighted by Crippen LogP contribution is 2.36. The van der Waals surface area contributed by atoms with Gasteiger partial charge >= 0.3 is 0 Å². The number of hydrogen-bond acceptors (Lipinski definition) is 2. The maximum absolute atomic E-state index is 9.06. The SMILES string of the molecule is N=C(N=C(N=Cc1ccccc1)c1ccccc1)c1cccc2c1oc1cc(-n3c4ccccc4c4ccccc43)ccc12. The van der Waals surface area contributed by atoms with Gasteiger partial charge in [0.1, 0.15) is 11.2 Å². The van der Waals surface area contributed by atoms with E-state index >= 15 is 0 Å². The van der Waals surface area contributed by atoms with Crippen LogP contribution < -0.4 is 0 Å². The van der Waals surface area contributed by atoms with Crippen LogP contribution in [0.3, 0.4) is 0 Å². The Morgan fingerprint density at radius 1 is 0.614 bits per heavy atom. The lowest BCUT2D eigenvalue weighted by Crippen LogP contribution is -2.04. The van der Waals surface area contributed by atoms with E-state index in [9.17, 15) is 0 Å². The van der Waals surface area contributed by atoms with Gasteiger partial charge in [-0.05, 0) is 35.9 Å². The molecular formula is C39H26N4O. The number of aliphatic imine (C=N–C) groups is 2. The van der Waals surface area contributed by atoms with Gasteiger partial charge in [0.05, 0.1) is 16.6 Å². The van der Waals surface area contributed by atoms with Crippen molar-refractivity contribution in [1.82, 2.24) is 4.57 Å². The van der Waals surface area contributed by atoms with Gasteiger partial charge < -0.3 is 8.98 Å². The van der Waals surface area contributed by atoms with Gasteiger partial charge in [0, 0.05) is 45.1 Å². The van der Waals surface area contributed by atoms with Gasteiger partial charge in [0.25, 0.3) is 0 Å². The van der Waals surface area contributed by atoms with Crippen LogP contribution >= 0.6 is 0 Å². The van der Waals surface area contributed by atoms with Crippen molar-refractivity contribution in [3.05, 3.63) is 162 Å². The van der Waals surface area contributed by atoms with E-state index in [1.165, 1.54) is 10.8 Å². The summed E-state index contributed by atoms with van der Waals surface area (Å²) < 4.78 is 8.80. The number of aromatic nitrogens is 1. The predicted molar refractivity (Wildman–Crippen MR) is 182 cm³/mol. The van der Waals surface area contributed by atoms with Crippen molar-refractivity contribution in [1.29, 1.82) is 5.41 Å². The van der Waals surface area contributed by atoms with Gasteiger partial charge in [-0.1, -0.05) is 109 Å². The smallest absolute Gasteiger partial charge is 0.161 e. The molecule has 0 saturated heterocycles. The fourth-order valence-electron chi connectivity index (χ4n) is 5.91. The van der Waals surface area contributed by atoms with E-state index in [2.05, 4.69) is 71.3 Å². The lowest BCUT2D eigenvalue weighted by atomic mass is 10.1. The summed E-state index contributed by atoms with van der Waals surface area (Å²) in [6, 6.07) is 48.8. The third-order valence-electron chi connectivity index (χ3n) is 7.96. The molecule has 2 heterocycles. The molecule has 0 radical (unpaired) electrons. The molecule has 0 unspecified atom stereocenters. The van der Waals surface area contributed by atoms with Crippen LogP contribution in [0.1, 0.15) is 16.7 Å². The second-order valence-corrected chi connectivity index (χ2v) is 10.7. The first kappa shape index (κ1) is 25.6. The van der Waals surface area contributed by atoms with Gasteiger partial charge in [-0.2, -0.15) is 0 Å². The monoisotopic (exact) mass is 566 g/mol. The molecule has 8 aromatic rings. The summed E-state index contributed by atoms with van der Waals surface area (Å²) >= 11 is 0. The topological polar surface area (TPSA) is 66.6 Å².